The van der Waals surface area contributed by atoms with Crippen LogP contribution in [-0.4, -0.2) is 21.2 Å². The number of rotatable bonds is 1. The molecular weight excluding hydrogens is 266 g/mol. The highest BCUT2D eigenvalue weighted by atomic mass is 28.3. The zero-order valence-electron chi connectivity index (χ0n) is 13.4. The number of esters is 1. The van der Waals surface area contributed by atoms with Gasteiger partial charge in [0.1, 0.15) is 8.07 Å². The van der Waals surface area contributed by atoms with Crippen molar-refractivity contribution < 1.29 is 9.53 Å². The highest BCUT2D eigenvalue weighted by molar-refractivity contribution is 6.83. The molecule has 0 aliphatic rings. The highest BCUT2D eigenvalue weighted by Crippen LogP contribution is 2.29. The number of methoxy groups -OCH3 is 1. The van der Waals surface area contributed by atoms with Crippen LogP contribution in [0.3, 0.4) is 0 Å². The molecule has 0 spiro atoms. The van der Waals surface area contributed by atoms with E-state index in [-0.39, 0.29) is 5.97 Å². The molecule has 1 aromatic rings. The van der Waals surface area contributed by atoms with Crippen LogP contribution in [0.1, 0.15) is 32.6 Å². The van der Waals surface area contributed by atoms with Gasteiger partial charge in [-0.15, -0.1) is 5.54 Å². The van der Waals surface area contributed by atoms with E-state index in [1.807, 2.05) is 20.8 Å². The van der Waals surface area contributed by atoms with E-state index in [1.165, 1.54) is 7.11 Å². The third-order valence-electron chi connectivity index (χ3n) is 3.26. The van der Waals surface area contributed by atoms with Crippen molar-refractivity contribution in [2.24, 2.45) is 0 Å². The van der Waals surface area contributed by atoms with Gasteiger partial charge in [0.05, 0.1) is 12.7 Å². The Balaban J connectivity index is 3.65. The summed E-state index contributed by atoms with van der Waals surface area (Å²) in [5.41, 5.74) is 14.0. The van der Waals surface area contributed by atoms with Gasteiger partial charge in [-0.25, -0.2) is 4.79 Å². The lowest BCUT2D eigenvalue weighted by atomic mass is 9.92. The average Bonchev–Trinajstić information content (AvgIpc) is 2.34. The topological polar surface area (TPSA) is 52.3 Å². The number of carbonyl (C=O) groups is 1. The van der Waals surface area contributed by atoms with Crippen molar-refractivity contribution in [2.45, 2.75) is 40.4 Å². The molecule has 0 unspecified atom stereocenters. The minimum absolute atomic E-state index is 0.359. The summed E-state index contributed by atoms with van der Waals surface area (Å²) >= 11 is 0. The number of hydrogen-bond donors (Lipinski definition) is 1. The zero-order chi connectivity index (χ0) is 15.7. The van der Waals surface area contributed by atoms with E-state index in [1.54, 1.807) is 0 Å². The van der Waals surface area contributed by atoms with Crippen molar-refractivity contribution in [2.75, 3.05) is 12.8 Å². The number of carbonyl (C=O) groups excluding carboxylic acids is 1. The van der Waals surface area contributed by atoms with E-state index in [0.29, 0.717) is 11.3 Å². The second-order valence-corrected chi connectivity index (χ2v) is 10.8. The van der Waals surface area contributed by atoms with E-state index < -0.39 is 8.07 Å². The number of ether oxygens (including phenoxy) is 1. The van der Waals surface area contributed by atoms with Crippen LogP contribution in [0.15, 0.2) is 0 Å². The molecule has 0 saturated heterocycles. The van der Waals surface area contributed by atoms with Crippen molar-refractivity contribution >= 4 is 19.7 Å². The molecule has 4 heteroatoms. The Kier molecular flexibility index (Phi) is 4.67. The van der Waals surface area contributed by atoms with Gasteiger partial charge in [0, 0.05) is 11.3 Å². The lowest BCUT2D eigenvalue weighted by Gasteiger charge is -2.16. The molecule has 108 valence electrons. The quantitative estimate of drug-likeness (QED) is 0.374. The number of hydrogen-bond acceptors (Lipinski definition) is 3. The molecule has 0 bridgehead atoms. The van der Waals surface area contributed by atoms with Crippen molar-refractivity contribution in [3.63, 3.8) is 0 Å². The van der Waals surface area contributed by atoms with Gasteiger partial charge in [-0.1, -0.05) is 25.6 Å². The molecule has 0 aliphatic carbocycles. The predicted octanol–water partition coefficient (Wildman–Crippen LogP) is 3.21. The van der Waals surface area contributed by atoms with E-state index in [4.69, 9.17) is 10.5 Å². The Morgan fingerprint density at radius 3 is 2.10 bits per heavy atom. The molecule has 1 rings (SSSR count). The first kappa shape index (κ1) is 16.3. The molecule has 0 amide bonds. The first-order valence-electron chi connectivity index (χ1n) is 6.61. The van der Waals surface area contributed by atoms with E-state index in [0.717, 1.165) is 22.3 Å². The fourth-order valence-electron chi connectivity index (χ4n) is 2.08. The summed E-state index contributed by atoms with van der Waals surface area (Å²) in [7, 11) is -0.108. The fourth-order valence-corrected chi connectivity index (χ4v) is 2.58. The van der Waals surface area contributed by atoms with Crippen molar-refractivity contribution in [3.8, 4) is 11.5 Å². The number of nitrogen functional groups attached to an aromatic ring is 1. The summed E-state index contributed by atoms with van der Waals surface area (Å²) in [6.45, 7) is 12.2. The van der Waals surface area contributed by atoms with Crippen molar-refractivity contribution in [1.29, 1.82) is 0 Å². The Hall–Kier alpha value is -1.73. The Bertz CT molecular complexity index is 616. The van der Waals surface area contributed by atoms with E-state index in [2.05, 4.69) is 31.1 Å². The summed E-state index contributed by atoms with van der Waals surface area (Å²) in [5.74, 6) is 2.87. The second kappa shape index (κ2) is 5.72. The monoisotopic (exact) mass is 289 g/mol. The summed E-state index contributed by atoms with van der Waals surface area (Å²) in [6.07, 6.45) is 0. The van der Waals surface area contributed by atoms with Gasteiger partial charge in [-0.3, -0.25) is 0 Å². The third kappa shape index (κ3) is 3.23. The summed E-state index contributed by atoms with van der Waals surface area (Å²) in [6, 6.07) is 0. The molecule has 0 heterocycles. The van der Waals surface area contributed by atoms with Crippen molar-refractivity contribution in [1.82, 2.24) is 0 Å². The molecular formula is C16H23NO2Si. The predicted molar refractivity (Wildman–Crippen MR) is 86.6 cm³/mol. The van der Waals surface area contributed by atoms with Gasteiger partial charge in [0.15, 0.2) is 0 Å². The Labute approximate surface area is 122 Å². The van der Waals surface area contributed by atoms with Crippen LogP contribution >= 0.6 is 0 Å². The van der Waals surface area contributed by atoms with Crippen LogP contribution in [0.4, 0.5) is 5.69 Å². The van der Waals surface area contributed by atoms with Gasteiger partial charge in [-0.2, -0.15) is 0 Å². The third-order valence-corrected chi connectivity index (χ3v) is 4.14. The number of nitrogens with two attached hydrogens (primary N) is 1. The maximum Gasteiger partial charge on any atom is 0.338 e. The Morgan fingerprint density at radius 1 is 1.10 bits per heavy atom. The fraction of sp³-hybridized carbons (Fsp3) is 0.438. The van der Waals surface area contributed by atoms with Crippen LogP contribution in [0.2, 0.25) is 19.6 Å². The molecule has 0 saturated carbocycles. The molecule has 1 aromatic carbocycles. The van der Waals surface area contributed by atoms with E-state index >= 15 is 0 Å². The average molecular weight is 289 g/mol. The molecule has 0 radical (unpaired) electrons. The molecule has 0 atom stereocenters. The van der Waals surface area contributed by atoms with Crippen LogP contribution < -0.4 is 5.73 Å². The van der Waals surface area contributed by atoms with Crippen LogP contribution in [0.5, 0.6) is 0 Å². The first-order chi connectivity index (χ1) is 9.10. The second-order valence-electron chi connectivity index (χ2n) is 6.03. The smallest absolute Gasteiger partial charge is 0.338 e. The first-order valence-corrected chi connectivity index (χ1v) is 10.1. The zero-order valence-corrected chi connectivity index (χ0v) is 14.4. The summed E-state index contributed by atoms with van der Waals surface area (Å²) < 4.78 is 4.86. The minimum Gasteiger partial charge on any atom is -0.465 e. The van der Waals surface area contributed by atoms with Gasteiger partial charge in [0.2, 0.25) is 0 Å². The SMILES string of the molecule is COC(=O)c1c(C)c(N)c(C)c(C#C[Si](C)(C)C)c1C. The lowest BCUT2D eigenvalue weighted by molar-refractivity contribution is 0.0599. The molecule has 0 aliphatic heterocycles. The highest BCUT2D eigenvalue weighted by Gasteiger charge is 2.20. The van der Waals surface area contributed by atoms with Gasteiger partial charge >= 0.3 is 5.97 Å². The normalized spacial score (nSPS) is 10.8. The molecule has 0 aromatic heterocycles. The van der Waals surface area contributed by atoms with Gasteiger partial charge in [0.25, 0.3) is 0 Å². The largest absolute Gasteiger partial charge is 0.465 e. The summed E-state index contributed by atoms with van der Waals surface area (Å²) in [4.78, 5) is 12.0. The molecule has 3 nitrogen and oxygen atoms in total. The van der Waals surface area contributed by atoms with Crippen LogP contribution in [0.25, 0.3) is 0 Å². The maximum atomic E-state index is 12.0. The number of anilines is 1. The minimum atomic E-state index is -1.49. The number of benzene rings is 1. The van der Waals surface area contributed by atoms with E-state index in [9.17, 15) is 4.79 Å². The molecule has 2 N–H and O–H groups in total. The van der Waals surface area contributed by atoms with Crippen LogP contribution in [-0.2, 0) is 4.74 Å². The van der Waals surface area contributed by atoms with Gasteiger partial charge in [-0.05, 0) is 37.5 Å². The maximum absolute atomic E-state index is 12.0. The molecule has 20 heavy (non-hydrogen) atoms. The molecule has 0 fully saturated rings. The summed E-state index contributed by atoms with van der Waals surface area (Å²) in [5, 5.41) is 0. The van der Waals surface area contributed by atoms with Crippen molar-refractivity contribution in [3.05, 3.63) is 27.8 Å². The Morgan fingerprint density at radius 2 is 1.65 bits per heavy atom. The lowest BCUT2D eigenvalue weighted by Crippen LogP contribution is -2.17. The van der Waals surface area contributed by atoms with Crippen LogP contribution in [0, 0.1) is 32.2 Å². The van der Waals surface area contributed by atoms with Gasteiger partial charge < -0.3 is 10.5 Å². The standard InChI is InChI=1S/C16H23NO2Si/c1-10-13(8-9-20(5,6)7)11(2)15(17)12(3)14(10)16(18)19-4/h17H2,1-7H3.